The summed E-state index contributed by atoms with van der Waals surface area (Å²) < 4.78 is 5.33. The Hall–Kier alpha value is -3.14. The van der Waals surface area contributed by atoms with E-state index in [1.807, 2.05) is 60.7 Å². The molecular formula is C21H20N2O2. The Labute approximate surface area is 147 Å². The Bertz CT molecular complexity index is 830. The van der Waals surface area contributed by atoms with Crippen molar-refractivity contribution in [3.63, 3.8) is 0 Å². The number of nitrogens with zero attached hydrogens (tertiary/aromatic N) is 1. The summed E-state index contributed by atoms with van der Waals surface area (Å²) >= 11 is 0. The van der Waals surface area contributed by atoms with Crippen LogP contribution < -0.4 is 10.1 Å². The average Bonchev–Trinajstić information content (AvgIpc) is 2.69. The SMILES string of the molecule is COc1ccccc1CCNC(=O)c1ccc(-c2ccncc2)cc1. The third-order valence-electron chi connectivity index (χ3n) is 4.03. The summed E-state index contributed by atoms with van der Waals surface area (Å²) in [6.45, 7) is 0.561. The number of methoxy groups -OCH3 is 1. The van der Waals surface area contributed by atoms with E-state index in [-0.39, 0.29) is 5.91 Å². The number of pyridine rings is 1. The first kappa shape index (κ1) is 16.7. The van der Waals surface area contributed by atoms with Crippen LogP contribution in [-0.2, 0) is 6.42 Å². The second kappa shape index (κ2) is 8.11. The van der Waals surface area contributed by atoms with Crippen molar-refractivity contribution in [3.05, 3.63) is 84.2 Å². The van der Waals surface area contributed by atoms with Crippen LogP contribution in [0.15, 0.2) is 73.1 Å². The quantitative estimate of drug-likeness (QED) is 0.748. The largest absolute Gasteiger partial charge is 0.496 e. The van der Waals surface area contributed by atoms with E-state index in [4.69, 9.17) is 4.74 Å². The zero-order chi connectivity index (χ0) is 17.5. The van der Waals surface area contributed by atoms with Crippen LogP contribution in [0, 0.1) is 0 Å². The number of ether oxygens (including phenoxy) is 1. The van der Waals surface area contributed by atoms with Crippen LogP contribution >= 0.6 is 0 Å². The van der Waals surface area contributed by atoms with Gasteiger partial charge in [0.2, 0.25) is 0 Å². The molecule has 4 nitrogen and oxygen atoms in total. The van der Waals surface area contributed by atoms with Crippen LogP contribution in [-0.4, -0.2) is 24.5 Å². The smallest absolute Gasteiger partial charge is 0.251 e. The van der Waals surface area contributed by atoms with E-state index < -0.39 is 0 Å². The molecule has 1 N–H and O–H groups in total. The van der Waals surface area contributed by atoms with Gasteiger partial charge >= 0.3 is 0 Å². The molecule has 0 bridgehead atoms. The monoisotopic (exact) mass is 332 g/mol. The van der Waals surface area contributed by atoms with Gasteiger partial charge in [-0.2, -0.15) is 0 Å². The Balaban J connectivity index is 1.58. The van der Waals surface area contributed by atoms with Gasteiger partial charge < -0.3 is 10.1 Å². The molecule has 0 saturated heterocycles. The lowest BCUT2D eigenvalue weighted by molar-refractivity contribution is 0.0954. The second-order valence-electron chi connectivity index (χ2n) is 5.63. The molecule has 2 aromatic carbocycles. The zero-order valence-corrected chi connectivity index (χ0v) is 14.1. The minimum absolute atomic E-state index is 0.0730. The van der Waals surface area contributed by atoms with Gasteiger partial charge in [-0.15, -0.1) is 0 Å². The van der Waals surface area contributed by atoms with Gasteiger partial charge in [0.15, 0.2) is 0 Å². The van der Waals surface area contributed by atoms with Crippen LogP contribution in [0.3, 0.4) is 0 Å². The predicted molar refractivity (Wildman–Crippen MR) is 98.7 cm³/mol. The molecule has 0 aliphatic carbocycles. The lowest BCUT2D eigenvalue weighted by atomic mass is 10.0. The van der Waals surface area contributed by atoms with Gasteiger partial charge in [0, 0.05) is 24.5 Å². The summed E-state index contributed by atoms with van der Waals surface area (Å²) in [6, 6.07) is 19.3. The van der Waals surface area contributed by atoms with Crippen molar-refractivity contribution in [3.8, 4) is 16.9 Å². The van der Waals surface area contributed by atoms with Crippen LogP contribution in [0.5, 0.6) is 5.75 Å². The molecule has 0 atom stereocenters. The first-order chi connectivity index (χ1) is 12.3. The number of carbonyl (C=O) groups is 1. The third kappa shape index (κ3) is 4.23. The van der Waals surface area contributed by atoms with Gasteiger partial charge in [0.25, 0.3) is 5.91 Å². The van der Waals surface area contributed by atoms with Crippen LogP contribution in [0.25, 0.3) is 11.1 Å². The van der Waals surface area contributed by atoms with E-state index >= 15 is 0 Å². The highest BCUT2D eigenvalue weighted by molar-refractivity contribution is 5.94. The summed E-state index contributed by atoms with van der Waals surface area (Å²) in [5.41, 5.74) is 3.88. The maximum Gasteiger partial charge on any atom is 0.251 e. The summed E-state index contributed by atoms with van der Waals surface area (Å²) in [4.78, 5) is 16.3. The maximum absolute atomic E-state index is 12.3. The molecule has 0 fully saturated rings. The van der Waals surface area contributed by atoms with E-state index in [0.717, 1.165) is 28.9 Å². The summed E-state index contributed by atoms with van der Waals surface area (Å²) in [6.07, 6.45) is 4.24. The summed E-state index contributed by atoms with van der Waals surface area (Å²) in [7, 11) is 1.65. The van der Waals surface area contributed by atoms with E-state index in [2.05, 4.69) is 10.3 Å². The fourth-order valence-electron chi connectivity index (χ4n) is 2.68. The van der Waals surface area contributed by atoms with Crippen molar-refractivity contribution < 1.29 is 9.53 Å². The molecule has 4 heteroatoms. The number of carbonyl (C=O) groups excluding carboxylic acids is 1. The molecule has 1 amide bonds. The van der Waals surface area contributed by atoms with Gasteiger partial charge in [-0.25, -0.2) is 0 Å². The van der Waals surface area contributed by atoms with Gasteiger partial charge in [-0.3, -0.25) is 9.78 Å². The molecule has 1 aromatic heterocycles. The van der Waals surface area contributed by atoms with Gasteiger partial charge in [-0.05, 0) is 53.4 Å². The highest BCUT2D eigenvalue weighted by Crippen LogP contribution is 2.19. The third-order valence-corrected chi connectivity index (χ3v) is 4.03. The molecule has 25 heavy (non-hydrogen) atoms. The van der Waals surface area contributed by atoms with Crippen LogP contribution in [0.2, 0.25) is 0 Å². The van der Waals surface area contributed by atoms with E-state index in [9.17, 15) is 4.79 Å². The molecule has 0 radical (unpaired) electrons. The van der Waals surface area contributed by atoms with Crippen molar-refractivity contribution in [1.82, 2.24) is 10.3 Å². The summed E-state index contributed by atoms with van der Waals surface area (Å²) in [5.74, 6) is 0.773. The fraction of sp³-hybridized carbons (Fsp3) is 0.143. The lowest BCUT2D eigenvalue weighted by Gasteiger charge is -2.09. The number of nitrogens with one attached hydrogen (secondary N) is 1. The molecule has 3 rings (SSSR count). The topological polar surface area (TPSA) is 51.2 Å². The molecule has 126 valence electrons. The molecular weight excluding hydrogens is 312 g/mol. The number of amides is 1. The standard InChI is InChI=1S/C21H20N2O2/c1-25-20-5-3-2-4-18(20)12-15-23-21(24)19-8-6-16(7-9-19)17-10-13-22-14-11-17/h2-11,13-14H,12,15H2,1H3,(H,23,24). The Morgan fingerprint density at radius 1 is 0.960 bits per heavy atom. The molecule has 3 aromatic rings. The molecule has 0 aliphatic rings. The number of benzene rings is 2. The maximum atomic E-state index is 12.3. The minimum Gasteiger partial charge on any atom is -0.496 e. The second-order valence-corrected chi connectivity index (χ2v) is 5.63. The van der Waals surface area contributed by atoms with Gasteiger partial charge in [-0.1, -0.05) is 30.3 Å². The molecule has 0 spiro atoms. The number of aromatic nitrogens is 1. The predicted octanol–water partition coefficient (Wildman–Crippen LogP) is 3.73. The zero-order valence-electron chi connectivity index (χ0n) is 14.1. The molecule has 1 heterocycles. The first-order valence-corrected chi connectivity index (χ1v) is 8.18. The highest BCUT2D eigenvalue weighted by Gasteiger charge is 2.07. The van der Waals surface area contributed by atoms with E-state index in [1.54, 1.807) is 19.5 Å². The van der Waals surface area contributed by atoms with Crippen molar-refractivity contribution in [2.24, 2.45) is 0 Å². The molecule has 0 aliphatic heterocycles. The van der Waals surface area contributed by atoms with Crippen molar-refractivity contribution in [2.45, 2.75) is 6.42 Å². The first-order valence-electron chi connectivity index (χ1n) is 8.18. The normalized spacial score (nSPS) is 10.3. The molecule has 0 unspecified atom stereocenters. The number of para-hydroxylation sites is 1. The average molecular weight is 332 g/mol. The number of rotatable bonds is 6. The van der Waals surface area contributed by atoms with Crippen LogP contribution in [0.1, 0.15) is 15.9 Å². The van der Waals surface area contributed by atoms with Crippen molar-refractivity contribution in [1.29, 1.82) is 0 Å². The van der Waals surface area contributed by atoms with E-state index in [1.165, 1.54) is 0 Å². The highest BCUT2D eigenvalue weighted by atomic mass is 16.5. The van der Waals surface area contributed by atoms with Crippen molar-refractivity contribution >= 4 is 5.91 Å². The van der Waals surface area contributed by atoms with E-state index in [0.29, 0.717) is 12.1 Å². The van der Waals surface area contributed by atoms with Crippen LogP contribution in [0.4, 0.5) is 0 Å². The number of hydrogen-bond acceptors (Lipinski definition) is 3. The van der Waals surface area contributed by atoms with Gasteiger partial charge in [0.05, 0.1) is 7.11 Å². The lowest BCUT2D eigenvalue weighted by Crippen LogP contribution is -2.25. The Morgan fingerprint density at radius 2 is 1.64 bits per heavy atom. The summed E-state index contributed by atoms with van der Waals surface area (Å²) in [5, 5.41) is 2.95. The van der Waals surface area contributed by atoms with Gasteiger partial charge in [0.1, 0.15) is 5.75 Å². The molecule has 0 saturated carbocycles. The minimum atomic E-state index is -0.0730. The Morgan fingerprint density at radius 3 is 2.36 bits per heavy atom. The fourth-order valence-corrected chi connectivity index (χ4v) is 2.68. The van der Waals surface area contributed by atoms with Crippen molar-refractivity contribution in [2.75, 3.05) is 13.7 Å². The Kier molecular flexibility index (Phi) is 5.42. The number of hydrogen-bond donors (Lipinski definition) is 1.